The molecule has 1 aliphatic carbocycles. The molecule has 3 heterocycles. The molecule has 0 amide bonds. The fourth-order valence-corrected chi connectivity index (χ4v) is 3.27. The van der Waals surface area contributed by atoms with Crippen LogP contribution in [0.2, 0.25) is 0 Å². The van der Waals surface area contributed by atoms with E-state index in [1.807, 2.05) is 0 Å². The summed E-state index contributed by atoms with van der Waals surface area (Å²) >= 11 is 2.14. The summed E-state index contributed by atoms with van der Waals surface area (Å²) in [4.78, 5) is 12.9. The Labute approximate surface area is 133 Å². The lowest BCUT2D eigenvalue weighted by atomic mass is 9.98. The highest BCUT2D eigenvalue weighted by Crippen LogP contribution is 2.26. The Morgan fingerprint density at radius 2 is 2.00 bits per heavy atom. The molecule has 0 unspecified atom stereocenters. The Bertz CT molecular complexity index is 845. The van der Waals surface area contributed by atoms with Crippen molar-refractivity contribution in [3.63, 3.8) is 0 Å². The number of rotatable bonds is 1. The van der Waals surface area contributed by atoms with Crippen LogP contribution in [0.5, 0.6) is 0 Å². The van der Waals surface area contributed by atoms with Gasteiger partial charge in [-0.15, -0.1) is 0 Å². The van der Waals surface area contributed by atoms with Gasteiger partial charge >= 0.3 is 0 Å². The highest BCUT2D eigenvalue weighted by molar-refractivity contribution is 14.1. The molecule has 3 aromatic rings. The summed E-state index contributed by atoms with van der Waals surface area (Å²) in [6.07, 6.45) is 7.06. The first-order chi connectivity index (χ1) is 10.2. The van der Waals surface area contributed by atoms with E-state index in [0.29, 0.717) is 11.4 Å². The fraction of sp³-hybridized carbons (Fsp3) is 0.286. The smallest absolute Gasteiger partial charge is 0.196 e. The zero-order valence-electron chi connectivity index (χ0n) is 11.1. The van der Waals surface area contributed by atoms with Crippen molar-refractivity contribution in [2.24, 2.45) is 0 Å². The van der Waals surface area contributed by atoms with Crippen LogP contribution in [-0.4, -0.2) is 24.6 Å². The normalized spacial score (nSPS) is 14.4. The third-order valence-electron chi connectivity index (χ3n) is 3.68. The summed E-state index contributed by atoms with van der Waals surface area (Å²) in [5.41, 5.74) is 3.74. The number of hydrogen-bond donors (Lipinski definition) is 0. The zero-order chi connectivity index (χ0) is 14.4. The summed E-state index contributed by atoms with van der Waals surface area (Å²) in [6.45, 7) is 0. The Hall–Kier alpha value is -1.64. The van der Waals surface area contributed by atoms with Crippen molar-refractivity contribution < 1.29 is 4.39 Å². The van der Waals surface area contributed by atoms with E-state index >= 15 is 0 Å². The molecule has 0 bridgehead atoms. The third-order valence-corrected chi connectivity index (χ3v) is 4.38. The van der Waals surface area contributed by atoms with E-state index in [1.165, 1.54) is 24.2 Å². The summed E-state index contributed by atoms with van der Waals surface area (Å²) in [5.74, 6) is 0.105. The minimum atomic E-state index is -0.387. The van der Waals surface area contributed by atoms with Crippen LogP contribution in [0.4, 0.5) is 4.39 Å². The molecule has 0 saturated carbocycles. The Morgan fingerprint density at radius 1 is 1.14 bits per heavy atom. The van der Waals surface area contributed by atoms with E-state index in [1.54, 1.807) is 10.7 Å². The number of aryl methyl sites for hydroxylation is 2. The maximum absolute atomic E-state index is 13.3. The molecule has 3 aromatic heterocycles. The number of halogens is 2. The van der Waals surface area contributed by atoms with Gasteiger partial charge in [0.2, 0.25) is 0 Å². The van der Waals surface area contributed by atoms with Crippen LogP contribution in [0, 0.1) is 9.65 Å². The topological polar surface area (TPSA) is 56.0 Å². The summed E-state index contributed by atoms with van der Waals surface area (Å²) < 4.78 is 15.9. The molecule has 0 saturated heterocycles. The van der Waals surface area contributed by atoms with Crippen molar-refractivity contribution in [2.45, 2.75) is 25.7 Å². The summed E-state index contributed by atoms with van der Waals surface area (Å²) in [7, 11) is 0. The van der Waals surface area contributed by atoms with Gasteiger partial charge in [0.15, 0.2) is 15.3 Å². The van der Waals surface area contributed by atoms with Gasteiger partial charge in [0.05, 0.1) is 11.9 Å². The maximum Gasteiger partial charge on any atom is 0.196 e. The van der Waals surface area contributed by atoms with E-state index in [0.717, 1.165) is 34.4 Å². The predicted octanol–water partition coefficient (Wildman–Crippen LogP) is 2.81. The molecule has 0 aliphatic heterocycles. The molecule has 106 valence electrons. The van der Waals surface area contributed by atoms with Gasteiger partial charge in [-0.3, -0.25) is 4.98 Å². The van der Waals surface area contributed by atoms with E-state index in [2.05, 4.69) is 42.6 Å². The van der Waals surface area contributed by atoms with Crippen molar-refractivity contribution in [2.75, 3.05) is 0 Å². The van der Waals surface area contributed by atoms with Crippen LogP contribution < -0.4 is 0 Å². The van der Waals surface area contributed by atoms with E-state index in [9.17, 15) is 4.39 Å². The molecule has 0 radical (unpaired) electrons. The molecule has 1 aliphatic rings. The van der Waals surface area contributed by atoms with Crippen molar-refractivity contribution in [1.29, 1.82) is 0 Å². The van der Waals surface area contributed by atoms with E-state index in [-0.39, 0.29) is 5.82 Å². The van der Waals surface area contributed by atoms with Crippen LogP contribution in [-0.2, 0) is 12.8 Å². The average Bonchev–Trinajstić information content (AvgIpc) is 2.87. The second-order valence-corrected chi connectivity index (χ2v) is 6.04. The lowest BCUT2D eigenvalue weighted by Gasteiger charge is -2.08. The lowest BCUT2D eigenvalue weighted by Crippen LogP contribution is -2.03. The third kappa shape index (κ3) is 2.19. The number of fused-ring (bicyclic) bond motifs is 3. The molecule has 0 fully saturated rings. The Morgan fingerprint density at radius 3 is 2.86 bits per heavy atom. The number of aromatic nitrogens is 5. The van der Waals surface area contributed by atoms with Gasteiger partial charge in [0.25, 0.3) is 0 Å². The van der Waals surface area contributed by atoms with Crippen LogP contribution in [0.15, 0.2) is 18.5 Å². The molecule has 0 aromatic carbocycles. The minimum absolute atomic E-state index is 0.387. The van der Waals surface area contributed by atoms with Crippen LogP contribution in [0.3, 0.4) is 0 Å². The van der Waals surface area contributed by atoms with Gasteiger partial charge in [-0.25, -0.2) is 14.4 Å². The summed E-state index contributed by atoms with van der Waals surface area (Å²) in [6, 6.07) is 1.40. The number of nitrogens with zero attached hydrogens (tertiary/aromatic N) is 5. The zero-order valence-corrected chi connectivity index (χ0v) is 13.2. The predicted molar refractivity (Wildman–Crippen MR) is 83.3 cm³/mol. The molecule has 21 heavy (non-hydrogen) atoms. The minimum Gasteiger partial charge on any atom is -0.261 e. The molecule has 0 N–H and O–H groups in total. The average molecular weight is 395 g/mol. The maximum atomic E-state index is 13.3. The van der Waals surface area contributed by atoms with Gasteiger partial charge in [-0.1, -0.05) is 0 Å². The molecule has 4 rings (SSSR count). The van der Waals surface area contributed by atoms with E-state index in [4.69, 9.17) is 0 Å². The SMILES string of the molecule is Fc1cncc(-c2nc(I)n3nc4c(c3n2)CCCC4)c1. The van der Waals surface area contributed by atoms with Crippen molar-refractivity contribution in [1.82, 2.24) is 24.6 Å². The first kappa shape index (κ1) is 13.1. The lowest BCUT2D eigenvalue weighted by molar-refractivity contribution is 0.621. The van der Waals surface area contributed by atoms with Gasteiger partial charge in [-0.05, 0) is 31.7 Å². The van der Waals surface area contributed by atoms with Crippen molar-refractivity contribution in [3.8, 4) is 11.4 Å². The van der Waals surface area contributed by atoms with Crippen LogP contribution >= 0.6 is 22.6 Å². The number of hydrogen-bond acceptors (Lipinski definition) is 4. The Balaban J connectivity index is 1.95. The second kappa shape index (κ2) is 4.97. The Kier molecular flexibility index (Phi) is 3.09. The molecular weight excluding hydrogens is 384 g/mol. The number of pyridine rings is 1. The van der Waals surface area contributed by atoms with Crippen molar-refractivity contribution in [3.05, 3.63) is 39.4 Å². The second-order valence-electron chi connectivity index (χ2n) is 5.08. The van der Waals surface area contributed by atoms with Crippen LogP contribution in [0.1, 0.15) is 24.1 Å². The van der Waals surface area contributed by atoms with Gasteiger partial charge in [-0.2, -0.15) is 9.61 Å². The highest BCUT2D eigenvalue weighted by Gasteiger charge is 2.20. The first-order valence-electron chi connectivity index (χ1n) is 6.77. The standard InChI is InChI=1S/C14H11FIN5/c15-9-5-8(6-17-7-9)12-18-13-10-3-1-2-4-11(10)20-21(13)14(16)19-12/h5-7H,1-4H2. The molecule has 5 nitrogen and oxygen atoms in total. The summed E-state index contributed by atoms with van der Waals surface area (Å²) in [5, 5.41) is 4.60. The molecule has 7 heteroatoms. The first-order valence-corrected chi connectivity index (χ1v) is 7.85. The van der Waals surface area contributed by atoms with Gasteiger partial charge in [0.1, 0.15) is 5.82 Å². The quantitative estimate of drug-likeness (QED) is 0.595. The largest absolute Gasteiger partial charge is 0.261 e. The van der Waals surface area contributed by atoms with Gasteiger partial charge < -0.3 is 0 Å². The van der Waals surface area contributed by atoms with Crippen LogP contribution in [0.25, 0.3) is 17.0 Å². The van der Waals surface area contributed by atoms with Crippen molar-refractivity contribution >= 4 is 28.2 Å². The molecular formula is C14H11FIN5. The molecule has 0 atom stereocenters. The molecule has 0 spiro atoms. The van der Waals surface area contributed by atoms with Gasteiger partial charge in [0, 0.05) is 39.9 Å². The fourth-order valence-electron chi connectivity index (χ4n) is 2.70. The monoisotopic (exact) mass is 395 g/mol. The van der Waals surface area contributed by atoms with E-state index < -0.39 is 0 Å². The highest BCUT2D eigenvalue weighted by atomic mass is 127.